The SMILES string of the molecule is NC(=O)Nc1ncccc1C(=O)NCCCN1CCOCC1. The highest BCUT2D eigenvalue weighted by molar-refractivity contribution is 6.01. The Hall–Kier alpha value is -2.19. The van der Waals surface area contributed by atoms with E-state index in [1.165, 1.54) is 6.20 Å². The van der Waals surface area contributed by atoms with E-state index in [2.05, 4.69) is 20.5 Å². The highest BCUT2D eigenvalue weighted by atomic mass is 16.5. The number of hydrogen-bond acceptors (Lipinski definition) is 5. The summed E-state index contributed by atoms with van der Waals surface area (Å²) in [5.74, 6) is -0.112. The number of nitrogens with two attached hydrogens (primary N) is 1. The van der Waals surface area contributed by atoms with E-state index in [9.17, 15) is 9.59 Å². The van der Waals surface area contributed by atoms with Crippen molar-refractivity contribution in [3.63, 3.8) is 0 Å². The molecule has 0 spiro atoms. The fourth-order valence-corrected chi connectivity index (χ4v) is 2.23. The number of pyridine rings is 1. The molecule has 1 aromatic heterocycles. The molecule has 0 bridgehead atoms. The number of hydrogen-bond donors (Lipinski definition) is 3. The van der Waals surface area contributed by atoms with Crippen molar-refractivity contribution in [1.82, 2.24) is 15.2 Å². The Morgan fingerprint density at radius 1 is 1.36 bits per heavy atom. The molecular formula is C14H21N5O3. The minimum Gasteiger partial charge on any atom is -0.379 e. The van der Waals surface area contributed by atoms with Gasteiger partial charge in [0.05, 0.1) is 18.8 Å². The lowest BCUT2D eigenvalue weighted by molar-refractivity contribution is 0.0374. The Morgan fingerprint density at radius 3 is 2.86 bits per heavy atom. The molecule has 0 unspecified atom stereocenters. The van der Waals surface area contributed by atoms with E-state index in [0.29, 0.717) is 12.1 Å². The van der Waals surface area contributed by atoms with Crippen LogP contribution in [0.15, 0.2) is 18.3 Å². The first kappa shape index (κ1) is 16.2. The number of primary amides is 1. The number of ether oxygens (including phenoxy) is 1. The van der Waals surface area contributed by atoms with Crippen molar-refractivity contribution >= 4 is 17.8 Å². The quantitative estimate of drug-likeness (QED) is 0.642. The van der Waals surface area contributed by atoms with E-state index in [1.807, 2.05) is 0 Å². The molecule has 22 heavy (non-hydrogen) atoms. The molecule has 3 amide bonds. The molecule has 120 valence electrons. The Balaban J connectivity index is 1.78. The van der Waals surface area contributed by atoms with Crippen LogP contribution in [0.1, 0.15) is 16.8 Å². The summed E-state index contributed by atoms with van der Waals surface area (Å²) in [4.78, 5) is 29.3. The Kier molecular flexibility index (Phi) is 6.11. The van der Waals surface area contributed by atoms with Crippen LogP contribution in [0.5, 0.6) is 0 Å². The van der Waals surface area contributed by atoms with Crippen molar-refractivity contribution in [3.05, 3.63) is 23.9 Å². The lowest BCUT2D eigenvalue weighted by Gasteiger charge is -2.26. The minimum atomic E-state index is -0.750. The first-order valence-electron chi connectivity index (χ1n) is 7.26. The molecule has 2 heterocycles. The molecule has 2 rings (SSSR count). The smallest absolute Gasteiger partial charge is 0.317 e. The van der Waals surface area contributed by atoms with Gasteiger partial charge in [0, 0.05) is 25.8 Å². The van der Waals surface area contributed by atoms with E-state index in [1.54, 1.807) is 12.1 Å². The number of aromatic nitrogens is 1. The third kappa shape index (κ3) is 4.97. The summed E-state index contributed by atoms with van der Waals surface area (Å²) < 4.78 is 5.28. The Morgan fingerprint density at radius 2 is 2.14 bits per heavy atom. The lowest BCUT2D eigenvalue weighted by atomic mass is 10.2. The molecule has 8 nitrogen and oxygen atoms in total. The average Bonchev–Trinajstić information content (AvgIpc) is 2.52. The van der Waals surface area contributed by atoms with Crippen molar-refractivity contribution in [2.75, 3.05) is 44.7 Å². The van der Waals surface area contributed by atoms with Crippen LogP contribution in [0.25, 0.3) is 0 Å². The average molecular weight is 307 g/mol. The van der Waals surface area contributed by atoms with E-state index < -0.39 is 6.03 Å². The number of nitrogens with one attached hydrogen (secondary N) is 2. The lowest BCUT2D eigenvalue weighted by Crippen LogP contribution is -2.38. The summed E-state index contributed by atoms with van der Waals surface area (Å²) in [5, 5.41) is 5.16. The number of amides is 3. The maximum atomic E-state index is 12.1. The van der Waals surface area contributed by atoms with Gasteiger partial charge in [0.25, 0.3) is 5.91 Å². The van der Waals surface area contributed by atoms with Crippen LogP contribution in [0, 0.1) is 0 Å². The summed E-state index contributed by atoms with van der Waals surface area (Å²) in [7, 11) is 0. The van der Waals surface area contributed by atoms with Gasteiger partial charge >= 0.3 is 6.03 Å². The summed E-state index contributed by atoms with van der Waals surface area (Å²) in [6.45, 7) is 4.88. The number of rotatable bonds is 6. The molecule has 4 N–H and O–H groups in total. The summed E-state index contributed by atoms with van der Waals surface area (Å²) in [6, 6.07) is 2.48. The van der Waals surface area contributed by atoms with Crippen LogP contribution in [0.4, 0.5) is 10.6 Å². The van der Waals surface area contributed by atoms with E-state index in [0.717, 1.165) is 39.3 Å². The largest absolute Gasteiger partial charge is 0.379 e. The van der Waals surface area contributed by atoms with Gasteiger partial charge in [-0.2, -0.15) is 0 Å². The first-order chi connectivity index (χ1) is 10.7. The topological polar surface area (TPSA) is 110 Å². The minimum absolute atomic E-state index is 0.167. The molecule has 1 aliphatic rings. The van der Waals surface area contributed by atoms with Crippen molar-refractivity contribution in [2.45, 2.75) is 6.42 Å². The van der Waals surface area contributed by atoms with Gasteiger partial charge < -0.3 is 15.8 Å². The van der Waals surface area contributed by atoms with Gasteiger partial charge in [-0.3, -0.25) is 15.0 Å². The van der Waals surface area contributed by atoms with Crippen LogP contribution in [0.2, 0.25) is 0 Å². The molecule has 0 aromatic carbocycles. The highest BCUT2D eigenvalue weighted by Gasteiger charge is 2.13. The fraction of sp³-hybridized carbons (Fsp3) is 0.500. The zero-order valence-corrected chi connectivity index (χ0v) is 12.4. The predicted molar refractivity (Wildman–Crippen MR) is 81.7 cm³/mol. The summed E-state index contributed by atoms with van der Waals surface area (Å²) in [5.41, 5.74) is 5.36. The van der Waals surface area contributed by atoms with Crippen molar-refractivity contribution < 1.29 is 14.3 Å². The molecule has 0 atom stereocenters. The molecular weight excluding hydrogens is 286 g/mol. The molecule has 1 aromatic rings. The highest BCUT2D eigenvalue weighted by Crippen LogP contribution is 2.10. The van der Waals surface area contributed by atoms with Crippen molar-refractivity contribution in [3.8, 4) is 0 Å². The normalized spacial score (nSPS) is 15.3. The number of urea groups is 1. The molecule has 1 saturated heterocycles. The van der Waals surface area contributed by atoms with Gasteiger partial charge in [-0.05, 0) is 25.1 Å². The van der Waals surface area contributed by atoms with E-state index in [4.69, 9.17) is 10.5 Å². The predicted octanol–water partition coefficient (Wildman–Crippen LogP) is 0.0243. The number of morpholine rings is 1. The van der Waals surface area contributed by atoms with Gasteiger partial charge in [-0.1, -0.05) is 0 Å². The van der Waals surface area contributed by atoms with E-state index in [-0.39, 0.29) is 11.7 Å². The number of nitrogens with zero attached hydrogens (tertiary/aromatic N) is 2. The third-order valence-electron chi connectivity index (χ3n) is 3.33. The standard InChI is InChI=1S/C14H21N5O3/c15-14(21)18-12-11(3-1-4-16-12)13(20)17-5-2-6-19-7-9-22-10-8-19/h1,3-4H,2,5-10H2,(H,17,20)(H3,15,16,18,21). The van der Waals surface area contributed by atoms with E-state index >= 15 is 0 Å². The van der Waals surface area contributed by atoms with Crippen molar-refractivity contribution in [2.24, 2.45) is 5.73 Å². The molecule has 8 heteroatoms. The van der Waals surface area contributed by atoms with Gasteiger partial charge in [-0.25, -0.2) is 9.78 Å². The first-order valence-corrected chi connectivity index (χ1v) is 7.26. The Labute approximate surface area is 129 Å². The monoisotopic (exact) mass is 307 g/mol. The molecule has 0 radical (unpaired) electrons. The Bertz CT molecular complexity index is 517. The van der Waals surface area contributed by atoms with Crippen LogP contribution >= 0.6 is 0 Å². The maximum absolute atomic E-state index is 12.1. The second-order valence-electron chi connectivity index (χ2n) is 4.95. The molecule has 0 saturated carbocycles. The van der Waals surface area contributed by atoms with Crippen LogP contribution in [-0.2, 0) is 4.74 Å². The molecule has 1 fully saturated rings. The third-order valence-corrected chi connectivity index (χ3v) is 3.33. The summed E-state index contributed by atoms with van der Waals surface area (Å²) in [6.07, 6.45) is 2.34. The maximum Gasteiger partial charge on any atom is 0.317 e. The number of anilines is 1. The van der Waals surface area contributed by atoms with Gasteiger partial charge in [-0.15, -0.1) is 0 Å². The van der Waals surface area contributed by atoms with Crippen LogP contribution < -0.4 is 16.4 Å². The van der Waals surface area contributed by atoms with Gasteiger partial charge in [0.15, 0.2) is 0 Å². The zero-order valence-electron chi connectivity index (χ0n) is 12.4. The fourth-order valence-electron chi connectivity index (χ4n) is 2.23. The second kappa shape index (κ2) is 8.30. The van der Waals surface area contributed by atoms with Crippen LogP contribution in [-0.4, -0.2) is 61.2 Å². The van der Waals surface area contributed by atoms with Gasteiger partial charge in [0.2, 0.25) is 0 Å². The molecule has 1 aliphatic heterocycles. The van der Waals surface area contributed by atoms with Crippen LogP contribution in [0.3, 0.4) is 0 Å². The number of carbonyl (C=O) groups excluding carboxylic acids is 2. The summed E-state index contributed by atoms with van der Waals surface area (Å²) >= 11 is 0. The number of carbonyl (C=O) groups is 2. The second-order valence-corrected chi connectivity index (χ2v) is 4.95. The molecule has 0 aliphatic carbocycles. The zero-order chi connectivity index (χ0) is 15.8. The van der Waals surface area contributed by atoms with Gasteiger partial charge in [0.1, 0.15) is 5.82 Å². The van der Waals surface area contributed by atoms with Crippen molar-refractivity contribution in [1.29, 1.82) is 0 Å².